The molecule has 2 aromatic rings. The van der Waals surface area contributed by atoms with Gasteiger partial charge in [0.05, 0.1) is 29.5 Å². The summed E-state index contributed by atoms with van der Waals surface area (Å²) in [6.07, 6.45) is 5.69. The third-order valence-corrected chi connectivity index (χ3v) is 9.92. The van der Waals surface area contributed by atoms with Gasteiger partial charge in [-0.25, -0.2) is 4.79 Å². The highest BCUT2D eigenvalue weighted by Crippen LogP contribution is 2.42. The van der Waals surface area contributed by atoms with Crippen LogP contribution in [0.3, 0.4) is 0 Å². The van der Waals surface area contributed by atoms with Crippen LogP contribution in [-0.2, 0) is 35.2 Å². The number of nitrogens with two attached hydrogens (primary N) is 1. The molecule has 1 fully saturated rings. The van der Waals surface area contributed by atoms with E-state index in [0.717, 1.165) is 49.0 Å². The van der Waals surface area contributed by atoms with Crippen LogP contribution in [0.1, 0.15) is 78.2 Å². The Morgan fingerprint density at radius 3 is 2.33 bits per heavy atom. The van der Waals surface area contributed by atoms with Crippen LogP contribution in [-0.4, -0.2) is 66.1 Å². The third kappa shape index (κ3) is 10.7. The summed E-state index contributed by atoms with van der Waals surface area (Å²) >= 11 is 1.34. The Labute approximate surface area is 289 Å². The monoisotopic (exact) mass is 681 g/mol. The van der Waals surface area contributed by atoms with Crippen molar-refractivity contribution in [1.82, 2.24) is 4.90 Å². The molecule has 3 atom stereocenters. The summed E-state index contributed by atoms with van der Waals surface area (Å²) in [7, 11) is 0. The molecule has 0 saturated carbocycles. The number of hydrogen-bond donors (Lipinski definition) is 1. The first-order valence-corrected chi connectivity index (χ1v) is 18.0. The summed E-state index contributed by atoms with van der Waals surface area (Å²) in [6, 6.07) is 17.0. The molecule has 0 bridgehead atoms. The van der Waals surface area contributed by atoms with E-state index in [-0.39, 0.29) is 31.8 Å². The summed E-state index contributed by atoms with van der Waals surface area (Å²) in [4.78, 5) is 57.0. The van der Waals surface area contributed by atoms with Crippen molar-refractivity contribution in [2.45, 2.75) is 95.1 Å². The van der Waals surface area contributed by atoms with Gasteiger partial charge in [-0.3, -0.25) is 19.3 Å². The van der Waals surface area contributed by atoms with E-state index in [1.54, 1.807) is 38.7 Å². The zero-order valence-electron chi connectivity index (χ0n) is 28.7. The summed E-state index contributed by atoms with van der Waals surface area (Å²) < 4.78 is 16.5. The maximum atomic E-state index is 14.2. The number of rotatable bonds is 13. The molecule has 11 heteroatoms. The maximum absolute atomic E-state index is 14.2. The first-order valence-electron chi connectivity index (χ1n) is 17.1. The molecule has 10 nitrogen and oxygen atoms in total. The Morgan fingerprint density at radius 2 is 1.65 bits per heavy atom. The van der Waals surface area contributed by atoms with Crippen molar-refractivity contribution in [3.05, 3.63) is 60.2 Å². The second-order valence-corrected chi connectivity index (χ2v) is 14.8. The van der Waals surface area contributed by atoms with Crippen LogP contribution in [0, 0.1) is 17.8 Å². The standard InChI is InChI=1S/C37H51N3O7S/c1-5-45-35(43)28(17-11-7-8-14-26-20-22-39(23-21-26)36(44)46-25-27-15-9-6-10-16-27)32-33(38)48-30-19-13-12-18-29(30)40(34(32)42)24-31(41)47-37(2,3)4/h6,9-10,12-13,15-16,18-19,26,28,32-33H,5,7-8,11,14,17,20-25,38H2,1-4H3/t28-,32-,33?/m0/s1. The second-order valence-electron chi connectivity index (χ2n) is 13.6. The molecular formula is C37H51N3O7S. The Balaban J connectivity index is 1.32. The maximum Gasteiger partial charge on any atom is 0.410 e. The lowest BCUT2D eigenvalue weighted by molar-refractivity contribution is -0.154. The normalized spacial score (nSPS) is 19.2. The molecule has 48 heavy (non-hydrogen) atoms. The first kappa shape index (κ1) is 37.3. The van der Waals surface area contributed by atoms with E-state index >= 15 is 0 Å². The summed E-state index contributed by atoms with van der Waals surface area (Å²) in [5, 5.41) is -0.707. The fourth-order valence-corrected chi connectivity index (χ4v) is 7.59. The highest BCUT2D eigenvalue weighted by molar-refractivity contribution is 8.00. The largest absolute Gasteiger partial charge is 0.466 e. The minimum absolute atomic E-state index is 0.193. The van der Waals surface area contributed by atoms with Crippen molar-refractivity contribution >= 4 is 41.4 Å². The Kier molecular flexibility index (Phi) is 13.8. The van der Waals surface area contributed by atoms with Crippen LogP contribution >= 0.6 is 11.8 Å². The van der Waals surface area contributed by atoms with Crippen molar-refractivity contribution < 1.29 is 33.4 Å². The average Bonchev–Trinajstić information content (AvgIpc) is 3.15. The van der Waals surface area contributed by atoms with Gasteiger partial charge < -0.3 is 24.8 Å². The fourth-order valence-electron chi connectivity index (χ4n) is 6.39. The predicted octanol–water partition coefficient (Wildman–Crippen LogP) is 6.55. The van der Waals surface area contributed by atoms with Crippen LogP contribution in [0.15, 0.2) is 59.5 Å². The lowest BCUT2D eigenvalue weighted by Gasteiger charge is -2.32. The van der Waals surface area contributed by atoms with Gasteiger partial charge in [-0.15, -0.1) is 11.8 Å². The van der Waals surface area contributed by atoms with Crippen molar-refractivity contribution in [2.75, 3.05) is 31.1 Å². The third-order valence-electron chi connectivity index (χ3n) is 8.76. The van der Waals surface area contributed by atoms with Gasteiger partial charge in [-0.2, -0.15) is 0 Å². The number of anilines is 1. The van der Waals surface area contributed by atoms with E-state index in [1.807, 2.05) is 48.5 Å². The molecule has 2 N–H and O–H groups in total. The van der Waals surface area contributed by atoms with Gasteiger partial charge in [0, 0.05) is 18.0 Å². The molecule has 4 rings (SSSR count). The molecule has 2 aliphatic heterocycles. The first-order chi connectivity index (χ1) is 23.0. The van der Waals surface area contributed by atoms with E-state index in [9.17, 15) is 19.2 Å². The zero-order chi connectivity index (χ0) is 34.7. The van der Waals surface area contributed by atoms with Gasteiger partial charge in [0.25, 0.3) is 0 Å². The number of nitrogens with zero attached hydrogens (tertiary/aromatic N) is 2. The van der Waals surface area contributed by atoms with Gasteiger partial charge in [-0.05, 0) is 70.6 Å². The van der Waals surface area contributed by atoms with Crippen LogP contribution in [0.2, 0.25) is 0 Å². The zero-order valence-corrected chi connectivity index (χ0v) is 29.5. The second kappa shape index (κ2) is 17.7. The van der Waals surface area contributed by atoms with E-state index in [4.69, 9.17) is 19.9 Å². The minimum Gasteiger partial charge on any atom is -0.466 e. The summed E-state index contributed by atoms with van der Waals surface area (Å²) in [5.74, 6) is -2.46. The van der Waals surface area contributed by atoms with Crippen molar-refractivity contribution in [1.29, 1.82) is 0 Å². The fraction of sp³-hybridized carbons (Fsp3) is 0.568. The van der Waals surface area contributed by atoms with E-state index in [1.165, 1.54) is 16.7 Å². The number of unbranched alkanes of at least 4 members (excludes halogenated alkanes) is 2. The minimum atomic E-state index is -0.880. The number of amides is 2. The number of hydrogen-bond acceptors (Lipinski definition) is 9. The molecule has 262 valence electrons. The summed E-state index contributed by atoms with van der Waals surface area (Å²) in [6.45, 7) is 8.64. The van der Waals surface area contributed by atoms with Crippen molar-refractivity contribution in [3.63, 3.8) is 0 Å². The van der Waals surface area contributed by atoms with Gasteiger partial charge >= 0.3 is 18.0 Å². The van der Waals surface area contributed by atoms with Crippen LogP contribution < -0.4 is 10.6 Å². The summed E-state index contributed by atoms with van der Waals surface area (Å²) in [5.41, 5.74) is 7.51. The highest BCUT2D eigenvalue weighted by Gasteiger charge is 2.44. The molecule has 2 aliphatic rings. The topological polar surface area (TPSA) is 128 Å². The van der Waals surface area contributed by atoms with Gasteiger partial charge in [0.1, 0.15) is 18.8 Å². The lowest BCUT2D eigenvalue weighted by atomic mass is 9.85. The molecule has 1 unspecified atom stereocenters. The van der Waals surface area contributed by atoms with Crippen LogP contribution in [0.25, 0.3) is 0 Å². The Bertz CT molecular complexity index is 1370. The van der Waals surface area contributed by atoms with Crippen molar-refractivity contribution in [2.24, 2.45) is 23.5 Å². The van der Waals surface area contributed by atoms with E-state index in [2.05, 4.69) is 0 Å². The molecular weight excluding hydrogens is 630 g/mol. The number of benzene rings is 2. The molecule has 2 aromatic carbocycles. The average molecular weight is 682 g/mol. The SMILES string of the molecule is CCOC(=O)[C@@H](CCCCCC1CCN(C(=O)OCc2ccccc2)CC1)[C@@H]1C(=O)N(CC(=O)OC(C)(C)C)c2ccccc2SC1N. The molecule has 0 radical (unpaired) electrons. The molecule has 1 saturated heterocycles. The number of carbonyl (C=O) groups excluding carboxylic acids is 4. The van der Waals surface area contributed by atoms with Gasteiger partial charge in [0.2, 0.25) is 5.91 Å². The molecule has 0 aromatic heterocycles. The molecule has 0 spiro atoms. The van der Waals surface area contributed by atoms with E-state index in [0.29, 0.717) is 31.1 Å². The van der Waals surface area contributed by atoms with Crippen molar-refractivity contribution in [3.8, 4) is 0 Å². The van der Waals surface area contributed by atoms with Gasteiger partial charge in [0.15, 0.2) is 0 Å². The number of esters is 2. The Morgan fingerprint density at radius 1 is 0.958 bits per heavy atom. The number of para-hydroxylation sites is 1. The lowest BCUT2D eigenvalue weighted by Crippen LogP contribution is -2.49. The number of thioether (sulfide) groups is 1. The van der Waals surface area contributed by atoms with Gasteiger partial charge in [-0.1, -0.05) is 68.1 Å². The smallest absolute Gasteiger partial charge is 0.410 e. The number of fused-ring (bicyclic) bond motifs is 1. The van der Waals surface area contributed by atoms with Crippen LogP contribution in [0.5, 0.6) is 0 Å². The van der Waals surface area contributed by atoms with E-state index < -0.39 is 34.7 Å². The molecule has 0 aliphatic carbocycles. The number of piperidine rings is 1. The number of ether oxygens (including phenoxy) is 3. The molecule has 2 heterocycles. The molecule has 2 amide bonds. The van der Waals surface area contributed by atoms with Crippen LogP contribution in [0.4, 0.5) is 10.5 Å². The number of likely N-dealkylation sites (tertiary alicyclic amines) is 1. The Hall–Kier alpha value is -3.57. The predicted molar refractivity (Wildman–Crippen MR) is 186 cm³/mol. The quantitative estimate of drug-likeness (QED) is 0.142. The number of carbonyl (C=O) groups is 4. The highest BCUT2D eigenvalue weighted by atomic mass is 32.2.